The van der Waals surface area contributed by atoms with Crippen molar-refractivity contribution in [2.24, 2.45) is 0 Å². The van der Waals surface area contributed by atoms with Crippen molar-refractivity contribution in [1.82, 2.24) is 9.80 Å². The van der Waals surface area contributed by atoms with Crippen molar-refractivity contribution < 1.29 is 19.8 Å². The van der Waals surface area contributed by atoms with Crippen LogP contribution < -0.4 is 5.73 Å². The normalized spacial score (nSPS) is 14.5. The van der Waals surface area contributed by atoms with Crippen LogP contribution in [-0.4, -0.2) is 71.2 Å². The predicted octanol–water partition coefficient (Wildman–Crippen LogP) is 2.22. The number of aliphatic carboxylic acids is 2. The van der Waals surface area contributed by atoms with Gasteiger partial charge >= 0.3 is 11.9 Å². The van der Waals surface area contributed by atoms with Gasteiger partial charge in [0.25, 0.3) is 0 Å². The molecule has 1 aliphatic rings. The van der Waals surface area contributed by atoms with E-state index in [0.29, 0.717) is 0 Å². The lowest BCUT2D eigenvalue weighted by atomic mass is 10.1. The number of carboxylic acids is 2. The van der Waals surface area contributed by atoms with Gasteiger partial charge in [0.05, 0.1) is 0 Å². The average molecular weight is 414 g/mol. The fraction of sp³-hybridized carbons (Fsp3) is 0.391. The van der Waals surface area contributed by atoms with Crippen molar-refractivity contribution in [2.45, 2.75) is 19.3 Å². The maximum absolute atomic E-state index is 9.10. The zero-order valence-corrected chi connectivity index (χ0v) is 17.2. The minimum atomic E-state index is -1.82. The molecule has 162 valence electrons. The first-order chi connectivity index (χ1) is 14.5. The molecule has 0 radical (unpaired) electrons. The maximum atomic E-state index is 9.10. The molecule has 0 bridgehead atoms. The van der Waals surface area contributed by atoms with Gasteiger partial charge in [0, 0.05) is 38.4 Å². The number of hydrogen-bond acceptors (Lipinski definition) is 5. The third-order valence-electron chi connectivity index (χ3n) is 5.18. The standard InChI is InChI=1S/C21H29N3.C2H2O4/c22-21-11-5-4-10-20(21)12-14-24-17-15-23(16-18-24)13-6-9-19-7-2-1-3-8-19;3-1(4)2(5)6/h1-5,7-8,10-11H,6,9,12-18,22H2;(H,3,4)(H,5,6). The number of carboxylic acid groups (broad SMARTS) is 2. The number of carbonyl (C=O) groups is 2. The van der Waals surface area contributed by atoms with Crippen molar-refractivity contribution in [3.05, 3.63) is 65.7 Å². The van der Waals surface area contributed by atoms with Gasteiger partial charge in [-0.25, -0.2) is 9.59 Å². The van der Waals surface area contributed by atoms with Crippen LogP contribution in [0.2, 0.25) is 0 Å². The minimum Gasteiger partial charge on any atom is -0.473 e. The lowest BCUT2D eigenvalue weighted by molar-refractivity contribution is -0.159. The first kappa shape index (κ1) is 23.4. The van der Waals surface area contributed by atoms with Crippen LogP contribution >= 0.6 is 0 Å². The van der Waals surface area contributed by atoms with E-state index in [4.69, 9.17) is 25.5 Å². The highest BCUT2D eigenvalue weighted by molar-refractivity contribution is 6.27. The van der Waals surface area contributed by atoms with Crippen LogP contribution in [0.25, 0.3) is 0 Å². The van der Waals surface area contributed by atoms with Crippen LogP contribution in [0, 0.1) is 0 Å². The molecule has 0 spiro atoms. The SMILES string of the molecule is Nc1ccccc1CCN1CCN(CCCc2ccccc2)CC1.O=C(O)C(=O)O. The van der Waals surface area contributed by atoms with Gasteiger partial charge in [0.2, 0.25) is 0 Å². The predicted molar refractivity (Wildman–Crippen MR) is 117 cm³/mol. The van der Waals surface area contributed by atoms with Gasteiger partial charge in [-0.3, -0.25) is 0 Å². The Morgan fingerprint density at radius 3 is 1.87 bits per heavy atom. The minimum absolute atomic E-state index is 0.928. The monoisotopic (exact) mass is 413 g/mol. The van der Waals surface area contributed by atoms with Crippen LogP contribution in [0.3, 0.4) is 0 Å². The van der Waals surface area contributed by atoms with Crippen LogP contribution in [0.1, 0.15) is 17.5 Å². The molecule has 0 saturated carbocycles. The number of rotatable bonds is 7. The molecule has 7 nitrogen and oxygen atoms in total. The van der Waals surface area contributed by atoms with E-state index in [0.717, 1.165) is 18.7 Å². The van der Waals surface area contributed by atoms with E-state index in [9.17, 15) is 0 Å². The van der Waals surface area contributed by atoms with Crippen molar-refractivity contribution in [1.29, 1.82) is 0 Å². The first-order valence-electron chi connectivity index (χ1n) is 10.2. The van der Waals surface area contributed by atoms with Crippen molar-refractivity contribution >= 4 is 17.6 Å². The van der Waals surface area contributed by atoms with Crippen molar-refractivity contribution in [3.63, 3.8) is 0 Å². The number of nitrogen functional groups attached to an aromatic ring is 1. The summed E-state index contributed by atoms with van der Waals surface area (Å²) in [5.41, 5.74) is 9.70. The molecular formula is C23H31N3O4. The molecule has 0 aliphatic carbocycles. The first-order valence-corrected chi connectivity index (χ1v) is 10.2. The Labute approximate surface area is 177 Å². The number of hydrogen-bond donors (Lipinski definition) is 3. The molecular weight excluding hydrogens is 382 g/mol. The van der Waals surface area contributed by atoms with Crippen LogP contribution in [0.5, 0.6) is 0 Å². The quantitative estimate of drug-likeness (QED) is 0.472. The Bertz CT molecular complexity index is 778. The molecule has 0 amide bonds. The molecule has 2 aromatic carbocycles. The summed E-state index contributed by atoms with van der Waals surface area (Å²) in [5.74, 6) is -3.65. The molecule has 1 aliphatic heterocycles. The Balaban J connectivity index is 0.000000469. The van der Waals surface area contributed by atoms with Gasteiger partial charge in [-0.2, -0.15) is 0 Å². The van der Waals surface area contributed by atoms with Gasteiger partial charge in [0.15, 0.2) is 0 Å². The van der Waals surface area contributed by atoms with Gasteiger partial charge in [0.1, 0.15) is 0 Å². The third kappa shape index (κ3) is 8.63. The summed E-state index contributed by atoms with van der Waals surface area (Å²) in [7, 11) is 0. The van der Waals surface area contributed by atoms with Crippen LogP contribution in [-0.2, 0) is 22.4 Å². The Kier molecular flexibility index (Phi) is 9.83. The summed E-state index contributed by atoms with van der Waals surface area (Å²) in [4.78, 5) is 23.4. The number of aryl methyl sites for hydroxylation is 1. The molecule has 30 heavy (non-hydrogen) atoms. The number of benzene rings is 2. The summed E-state index contributed by atoms with van der Waals surface area (Å²) in [5, 5.41) is 14.8. The highest BCUT2D eigenvalue weighted by Crippen LogP contribution is 2.13. The zero-order valence-electron chi connectivity index (χ0n) is 17.2. The average Bonchev–Trinajstić information content (AvgIpc) is 2.75. The van der Waals surface area contributed by atoms with E-state index in [1.807, 2.05) is 12.1 Å². The van der Waals surface area contributed by atoms with Gasteiger partial charge in [-0.15, -0.1) is 0 Å². The number of anilines is 1. The van der Waals surface area contributed by atoms with Crippen molar-refractivity contribution in [3.8, 4) is 0 Å². The lowest BCUT2D eigenvalue weighted by Crippen LogP contribution is -2.47. The topological polar surface area (TPSA) is 107 Å². The molecule has 1 saturated heterocycles. The molecule has 0 atom stereocenters. The third-order valence-corrected chi connectivity index (χ3v) is 5.18. The Morgan fingerprint density at radius 2 is 1.30 bits per heavy atom. The summed E-state index contributed by atoms with van der Waals surface area (Å²) in [6.07, 6.45) is 3.50. The highest BCUT2D eigenvalue weighted by Gasteiger charge is 2.16. The molecule has 2 aromatic rings. The molecule has 1 fully saturated rings. The van der Waals surface area contributed by atoms with Gasteiger partial charge in [-0.05, 0) is 43.0 Å². The molecule has 1 heterocycles. The highest BCUT2D eigenvalue weighted by atomic mass is 16.4. The van der Waals surface area contributed by atoms with Gasteiger partial charge in [-0.1, -0.05) is 48.5 Å². The molecule has 3 rings (SSSR count). The lowest BCUT2D eigenvalue weighted by Gasteiger charge is -2.34. The largest absolute Gasteiger partial charge is 0.473 e. The van der Waals surface area contributed by atoms with Crippen molar-refractivity contribution in [2.75, 3.05) is 45.0 Å². The van der Waals surface area contributed by atoms with Crippen LogP contribution in [0.4, 0.5) is 5.69 Å². The summed E-state index contributed by atoms with van der Waals surface area (Å²) in [6.45, 7) is 7.08. The van der Waals surface area contributed by atoms with E-state index in [1.54, 1.807) is 0 Å². The number of piperazine rings is 1. The van der Waals surface area contributed by atoms with E-state index < -0.39 is 11.9 Å². The summed E-state index contributed by atoms with van der Waals surface area (Å²) >= 11 is 0. The Hall–Kier alpha value is -2.90. The van der Waals surface area contributed by atoms with E-state index in [2.05, 4.69) is 52.3 Å². The second-order valence-corrected chi connectivity index (χ2v) is 7.33. The second kappa shape index (κ2) is 12.6. The smallest absolute Gasteiger partial charge is 0.414 e. The summed E-state index contributed by atoms with van der Waals surface area (Å²) in [6, 6.07) is 19.0. The molecule has 0 unspecified atom stereocenters. The van der Waals surface area contributed by atoms with E-state index >= 15 is 0 Å². The molecule has 4 N–H and O–H groups in total. The fourth-order valence-corrected chi connectivity index (χ4v) is 3.43. The number of nitrogens with two attached hydrogens (primary N) is 1. The van der Waals surface area contributed by atoms with Gasteiger partial charge < -0.3 is 25.7 Å². The fourth-order valence-electron chi connectivity index (χ4n) is 3.43. The number of nitrogens with zero attached hydrogens (tertiary/aromatic N) is 2. The van der Waals surface area contributed by atoms with E-state index in [-0.39, 0.29) is 0 Å². The molecule has 7 heteroatoms. The summed E-state index contributed by atoms with van der Waals surface area (Å²) < 4.78 is 0. The van der Waals surface area contributed by atoms with E-state index in [1.165, 1.54) is 56.7 Å². The van der Waals surface area contributed by atoms with Crippen LogP contribution in [0.15, 0.2) is 54.6 Å². The second-order valence-electron chi connectivity index (χ2n) is 7.33. The zero-order chi connectivity index (χ0) is 21.8. The Morgan fingerprint density at radius 1 is 0.767 bits per heavy atom. The maximum Gasteiger partial charge on any atom is 0.414 e. The number of para-hydroxylation sites is 1. The molecule has 0 aromatic heterocycles.